The van der Waals surface area contributed by atoms with Gasteiger partial charge in [0, 0.05) is 29.5 Å². The molecule has 0 amide bonds. The Labute approximate surface area is 121 Å². The Balaban J connectivity index is 1.89. The summed E-state index contributed by atoms with van der Waals surface area (Å²) in [5, 5.41) is 6.58. The average molecular weight is 292 g/mol. The fourth-order valence-corrected chi connectivity index (χ4v) is 3.49. The minimum Gasteiger partial charge on any atom is -0.496 e. The number of halogens is 1. The second-order valence-corrected chi connectivity index (χ2v) is 5.85. The third-order valence-electron chi connectivity index (χ3n) is 3.61. The standard InChI is InChI=1S/C15H17FN2OS/c1-19-14-7-11(16)4-5-12(14)13-9-20-15(18-13)10-3-2-6-17-8-10/h4-5,7,9-10,17H,2-3,6,8H2,1H3/t10-/m1/s1. The highest BCUT2D eigenvalue weighted by Crippen LogP contribution is 2.34. The second-order valence-electron chi connectivity index (χ2n) is 4.96. The third-order valence-corrected chi connectivity index (χ3v) is 4.61. The van der Waals surface area contributed by atoms with Gasteiger partial charge in [-0.2, -0.15) is 0 Å². The number of methoxy groups -OCH3 is 1. The predicted molar refractivity (Wildman–Crippen MR) is 78.9 cm³/mol. The fourth-order valence-electron chi connectivity index (χ4n) is 2.54. The highest BCUT2D eigenvalue weighted by molar-refractivity contribution is 7.10. The lowest BCUT2D eigenvalue weighted by Crippen LogP contribution is -2.28. The van der Waals surface area contributed by atoms with Crippen molar-refractivity contribution in [2.24, 2.45) is 0 Å². The Kier molecular flexibility index (Phi) is 3.98. The van der Waals surface area contributed by atoms with Crippen molar-refractivity contribution in [2.45, 2.75) is 18.8 Å². The van der Waals surface area contributed by atoms with Gasteiger partial charge >= 0.3 is 0 Å². The maximum atomic E-state index is 13.2. The maximum Gasteiger partial charge on any atom is 0.131 e. The lowest BCUT2D eigenvalue weighted by molar-refractivity contribution is 0.413. The molecule has 2 aromatic rings. The fraction of sp³-hybridized carbons (Fsp3) is 0.400. The van der Waals surface area contributed by atoms with E-state index in [0.717, 1.165) is 29.4 Å². The summed E-state index contributed by atoms with van der Waals surface area (Å²) in [4.78, 5) is 4.72. The summed E-state index contributed by atoms with van der Waals surface area (Å²) in [5.74, 6) is 0.732. The molecule has 1 N–H and O–H groups in total. The van der Waals surface area contributed by atoms with Crippen molar-refractivity contribution < 1.29 is 9.13 Å². The highest BCUT2D eigenvalue weighted by atomic mass is 32.1. The Hall–Kier alpha value is -1.46. The van der Waals surface area contributed by atoms with Crippen molar-refractivity contribution in [1.29, 1.82) is 0 Å². The molecule has 3 rings (SSSR count). The van der Waals surface area contributed by atoms with Crippen LogP contribution in [-0.4, -0.2) is 25.2 Å². The van der Waals surface area contributed by atoms with E-state index in [1.165, 1.54) is 25.0 Å². The Morgan fingerprint density at radius 1 is 1.45 bits per heavy atom. The van der Waals surface area contributed by atoms with Gasteiger partial charge in [-0.3, -0.25) is 0 Å². The van der Waals surface area contributed by atoms with Gasteiger partial charge in [0.1, 0.15) is 11.6 Å². The maximum absolute atomic E-state index is 13.2. The zero-order valence-electron chi connectivity index (χ0n) is 11.4. The number of nitrogens with one attached hydrogen (secondary N) is 1. The monoisotopic (exact) mass is 292 g/mol. The van der Waals surface area contributed by atoms with E-state index in [1.54, 1.807) is 24.5 Å². The van der Waals surface area contributed by atoms with Gasteiger partial charge in [-0.15, -0.1) is 11.3 Å². The van der Waals surface area contributed by atoms with Crippen LogP contribution < -0.4 is 10.1 Å². The molecule has 0 unspecified atom stereocenters. The molecule has 5 heteroatoms. The summed E-state index contributed by atoms with van der Waals surface area (Å²) in [6, 6.07) is 4.57. The zero-order chi connectivity index (χ0) is 13.9. The van der Waals surface area contributed by atoms with E-state index >= 15 is 0 Å². The Bertz CT molecular complexity index is 593. The van der Waals surface area contributed by atoms with Gasteiger partial charge in [0.05, 0.1) is 17.8 Å². The first kappa shape index (κ1) is 13.5. The quantitative estimate of drug-likeness (QED) is 0.941. The van der Waals surface area contributed by atoms with Gasteiger partial charge < -0.3 is 10.1 Å². The van der Waals surface area contributed by atoms with Crippen LogP contribution in [0.3, 0.4) is 0 Å². The lowest BCUT2D eigenvalue weighted by Gasteiger charge is -2.20. The van der Waals surface area contributed by atoms with Crippen LogP contribution in [0, 0.1) is 5.82 Å². The van der Waals surface area contributed by atoms with Crippen molar-refractivity contribution in [3.8, 4) is 17.0 Å². The SMILES string of the molecule is COc1cc(F)ccc1-c1csc([C@@H]2CCCNC2)n1. The number of thiazole rings is 1. The predicted octanol–water partition coefficient (Wildman–Crippen LogP) is 3.42. The summed E-state index contributed by atoms with van der Waals surface area (Å²) in [5.41, 5.74) is 1.72. The molecule has 1 aromatic heterocycles. The molecular weight excluding hydrogens is 275 g/mol. The van der Waals surface area contributed by atoms with E-state index in [2.05, 4.69) is 5.32 Å². The van der Waals surface area contributed by atoms with E-state index in [1.807, 2.05) is 5.38 Å². The van der Waals surface area contributed by atoms with Crippen LogP contribution in [0.5, 0.6) is 5.75 Å². The summed E-state index contributed by atoms with van der Waals surface area (Å²) < 4.78 is 18.5. The van der Waals surface area contributed by atoms with E-state index in [-0.39, 0.29) is 5.82 Å². The second kappa shape index (κ2) is 5.89. The number of hydrogen-bond acceptors (Lipinski definition) is 4. The van der Waals surface area contributed by atoms with Crippen molar-refractivity contribution in [1.82, 2.24) is 10.3 Å². The topological polar surface area (TPSA) is 34.1 Å². The largest absolute Gasteiger partial charge is 0.496 e. The third kappa shape index (κ3) is 2.69. The summed E-state index contributed by atoms with van der Waals surface area (Å²) in [6.07, 6.45) is 2.37. The van der Waals surface area contributed by atoms with Crippen molar-refractivity contribution in [3.05, 3.63) is 34.4 Å². The molecule has 1 aromatic carbocycles. The van der Waals surface area contributed by atoms with Crippen molar-refractivity contribution in [2.75, 3.05) is 20.2 Å². The van der Waals surface area contributed by atoms with E-state index in [4.69, 9.17) is 9.72 Å². The normalized spacial score (nSPS) is 19.0. The first-order valence-electron chi connectivity index (χ1n) is 6.78. The number of aromatic nitrogens is 1. The molecule has 0 bridgehead atoms. The molecule has 0 spiro atoms. The van der Waals surface area contributed by atoms with Gasteiger partial charge in [-0.25, -0.2) is 9.37 Å². The van der Waals surface area contributed by atoms with Crippen molar-refractivity contribution >= 4 is 11.3 Å². The van der Waals surface area contributed by atoms with Crippen LogP contribution in [0.4, 0.5) is 4.39 Å². The average Bonchev–Trinajstić information content (AvgIpc) is 2.97. The molecule has 3 nitrogen and oxygen atoms in total. The smallest absolute Gasteiger partial charge is 0.131 e. The highest BCUT2D eigenvalue weighted by Gasteiger charge is 2.19. The molecule has 1 saturated heterocycles. The summed E-state index contributed by atoms with van der Waals surface area (Å²) in [7, 11) is 1.55. The van der Waals surface area contributed by atoms with Crippen LogP contribution in [0.2, 0.25) is 0 Å². The molecule has 1 fully saturated rings. The lowest BCUT2D eigenvalue weighted by atomic mass is 10.0. The minimum absolute atomic E-state index is 0.294. The number of piperidine rings is 1. The van der Waals surface area contributed by atoms with Crippen LogP contribution in [-0.2, 0) is 0 Å². The van der Waals surface area contributed by atoms with E-state index in [9.17, 15) is 4.39 Å². The molecule has 20 heavy (non-hydrogen) atoms. The molecule has 0 saturated carbocycles. The summed E-state index contributed by atoms with van der Waals surface area (Å²) in [6.45, 7) is 2.09. The number of ether oxygens (including phenoxy) is 1. The van der Waals surface area contributed by atoms with Gasteiger partial charge in [0.25, 0.3) is 0 Å². The van der Waals surface area contributed by atoms with E-state index in [0.29, 0.717) is 11.7 Å². The number of hydrogen-bond donors (Lipinski definition) is 1. The molecule has 1 aliphatic heterocycles. The van der Waals surface area contributed by atoms with Crippen molar-refractivity contribution in [3.63, 3.8) is 0 Å². The Morgan fingerprint density at radius 2 is 2.35 bits per heavy atom. The first-order valence-corrected chi connectivity index (χ1v) is 7.66. The van der Waals surface area contributed by atoms with Crippen LogP contribution in [0.15, 0.2) is 23.6 Å². The molecule has 1 aliphatic rings. The minimum atomic E-state index is -0.294. The van der Waals surface area contributed by atoms with E-state index < -0.39 is 0 Å². The number of nitrogens with zero attached hydrogens (tertiary/aromatic N) is 1. The van der Waals surface area contributed by atoms with Gasteiger partial charge in [0.15, 0.2) is 0 Å². The van der Waals surface area contributed by atoms with Gasteiger partial charge in [0.2, 0.25) is 0 Å². The van der Waals surface area contributed by atoms with Gasteiger partial charge in [-0.05, 0) is 31.5 Å². The number of rotatable bonds is 3. The molecular formula is C15H17FN2OS. The molecule has 2 heterocycles. The zero-order valence-corrected chi connectivity index (χ0v) is 12.2. The molecule has 0 aliphatic carbocycles. The van der Waals surface area contributed by atoms with Gasteiger partial charge in [-0.1, -0.05) is 0 Å². The first-order chi connectivity index (χ1) is 9.78. The molecule has 1 atom stereocenters. The summed E-state index contributed by atoms with van der Waals surface area (Å²) >= 11 is 1.67. The van der Waals surface area contributed by atoms with Crippen LogP contribution in [0.1, 0.15) is 23.8 Å². The Morgan fingerprint density at radius 3 is 3.10 bits per heavy atom. The molecule has 0 radical (unpaired) electrons. The number of benzene rings is 1. The van der Waals surface area contributed by atoms with Crippen LogP contribution in [0.25, 0.3) is 11.3 Å². The molecule has 106 valence electrons. The van der Waals surface area contributed by atoms with Crippen LogP contribution >= 0.6 is 11.3 Å².